The molecule has 0 unspecified atom stereocenters. The van der Waals surface area contributed by atoms with Crippen molar-refractivity contribution in [2.24, 2.45) is 0 Å². The first-order chi connectivity index (χ1) is 10.3. The van der Waals surface area contributed by atoms with Crippen molar-refractivity contribution in [3.8, 4) is 0 Å². The van der Waals surface area contributed by atoms with Crippen LogP contribution in [0.15, 0.2) is 33.8 Å². The minimum atomic E-state index is 0.805. The number of hydrogen-bond acceptors (Lipinski definition) is 6. The highest BCUT2D eigenvalue weighted by Gasteiger charge is 2.14. The number of imidazole rings is 1. The molecule has 3 aromatic rings. The fourth-order valence-corrected chi connectivity index (χ4v) is 3.91. The fraction of sp³-hybridized carbons (Fsp3) is 0.357. The lowest BCUT2D eigenvalue weighted by molar-refractivity contribution is 0.652. The third kappa shape index (κ3) is 3.25. The van der Waals surface area contributed by atoms with Crippen molar-refractivity contribution in [2.45, 2.75) is 36.2 Å². The monoisotopic (exact) mass is 319 g/mol. The molecule has 0 aliphatic rings. The molecular weight excluding hydrogens is 302 g/mol. The summed E-state index contributed by atoms with van der Waals surface area (Å²) in [7, 11) is 0. The first-order valence-corrected chi connectivity index (χ1v) is 8.56. The van der Waals surface area contributed by atoms with E-state index in [1.807, 2.05) is 25.1 Å². The van der Waals surface area contributed by atoms with Gasteiger partial charge in [0.15, 0.2) is 4.34 Å². The van der Waals surface area contributed by atoms with E-state index in [1.165, 1.54) is 5.69 Å². The molecule has 21 heavy (non-hydrogen) atoms. The highest BCUT2D eigenvalue weighted by molar-refractivity contribution is 8.01. The smallest absolute Gasteiger partial charge is 0.180 e. The molecule has 0 aromatic carbocycles. The predicted octanol–water partition coefficient (Wildman–Crippen LogP) is 3.15. The quantitative estimate of drug-likeness (QED) is 0.707. The van der Waals surface area contributed by atoms with Gasteiger partial charge in [0.1, 0.15) is 15.7 Å². The van der Waals surface area contributed by atoms with Gasteiger partial charge in [0, 0.05) is 12.7 Å². The van der Waals surface area contributed by atoms with Crippen molar-refractivity contribution >= 4 is 28.7 Å². The molecule has 0 saturated carbocycles. The molecule has 3 rings (SSSR count). The van der Waals surface area contributed by atoms with E-state index in [0.717, 1.165) is 39.5 Å². The summed E-state index contributed by atoms with van der Waals surface area (Å²) in [5, 5.41) is 13.7. The standard InChI is InChI=1S/C14H17N5S2/c1-3-7-15-9-11-13(21-14-18-17-10(2)20-14)16-12-6-4-5-8-19(11)12/h4-6,8,15H,3,7,9H2,1-2H3. The third-order valence-corrected chi connectivity index (χ3v) is 4.91. The van der Waals surface area contributed by atoms with E-state index in [9.17, 15) is 0 Å². The number of aryl methyl sites for hydroxylation is 1. The molecule has 5 nitrogen and oxygen atoms in total. The summed E-state index contributed by atoms with van der Waals surface area (Å²) in [6.07, 6.45) is 3.18. The molecule has 0 radical (unpaired) electrons. The Balaban J connectivity index is 1.93. The molecule has 0 aliphatic heterocycles. The molecule has 3 heterocycles. The van der Waals surface area contributed by atoms with Gasteiger partial charge in [-0.15, -0.1) is 10.2 Å². The maximum Gasteiger partial charge on any atom is 0.180 e. The van der Waals surface area contributed by atoms with E-state index in [0.29, 0.717) is 0 Å². The zero-order chi connectivity index (χ0) is 14.7. The zero-order valence-electron chi connectivity index (χ0n) is 12.0. The second-order valence-corrected chi connectivity index (χ2v) is 7.08. The fourth-order valence-electron chi connectivity index (χ4n) is 2.05. The third-order valence-electron chi connectivity index (χ3n) is 3.00. The Kier molecular flexibility index (Phi) is 4.52. The van der Waals surface area contributed by atoms with Crippen LogP contribution in [-0.2, 0) is 6.54 Å². The summed E-state index contributed by atoms with van der Waals surface area (Å²) in [6.45, 7) is 5.94. The topological polar surface area (TPSA) is 55.1 Å². The van der Waals surface area contributed by atoms with Crippen molar-refractivity contribution in [1.29, 1.82) is 0 Å². The van der Waals surface area contributed by atoms with Crippen LogP contribution in [0, 0.1) is 6.92 Å². The molecule has 7 heteroatoms. The minimum Gasteiger partial charge on any atom is -0.311 e. The van der Waals surface area contributed by atoms with Crippen LogP contribution < -0.4 is 5.32 Å². The van der Waals surface area contributed by atoms with Crippen LogP contribution in [0.2, 0.25) is 0 Å². The SMILES string of the molecule is CCCNCc1c(Sc2nnc(C)s2)nc2ccccn12. The maximum absolute atomic E-state index is 4.72. The van der Waals surface area contributed by atoms with Crippen molar-refractivity contribution in [2.75, 3.05) is 6.54 Å². The first kappa shape index (κ1) is 14.5. The number of nitrogens with one attached hydrogen (secondary N) is 1. The van der Waals surface area contributed by atoms with Crippen molar-refractivity contribution in [3.05, 3.63) is 35.1 Å². The summed E-state index contributed by atoms with van der Waals surface area (Å²) in [5.41, 5.74) is 2.14. The zero-order valence-corrected chi connectivity index (χ0v) is 13.7. The summed E-state index contributed by atoms with van der Waals surface area (Å²) in [6, 6.07) is 6.06. The molecule has 0 aliphatic carbocycles. The Morgan fingerprint density at radius 2 is 2.24 bits per heavy atom. The van der Waals surface area contributed by atoms with Crippen LogP contribution in [-0.4, -0.2) is 26.1 Å². The number of fused-ring (bicyclic) bond motifs is 1. The lowest BCUT2D eigenvalue weighted by Crippen LogP contribution is -2.15. The highest BCUT2D eigenvalue weighted by Crippen LogP contribution is 2.32. The van der Waals surface area contributed by atoms with Crippen molar-refractivity contribution < 1.29 is 0 Å². The Hall–Kier alpha value is -1.44. The second-order valence-electron chi connectivity index (χ2n) is 4.66. The predicted molar refractivity (Wildman–Crippen MR) is 86.0 cm³/mol. The van der Waals surface area contributed by atoms with Crippen molar-refractivity contribution in [1.82, 2.24) is 24.9 Å². The van der Waals surface area contributed by atoms with Gasteiger partial charge in [-0.3, -0.25) is 0 Å². The van der Waals surface area contributed by atoms with Crippen molar-refractivity contribution in [3.63, 3.8) is 0 Å². The Morgan fingerprint density at radius 1 is 1.33 bits per heavy atom. The average molecular weight is 319 g/mol. The molecule has 110 valence electrons. The molecule has 0 atom stereocenters. The van der Waals surface area contributed by atoms with Gasteiger partial charge in [-0.1, -0.05) is 24.3 Å². The highest BCUT2D eigenvalue weighted by atomic mass is 32.2. The van der Waals surface area contributed by atoms with E-state index in [-0.39, 0.29) is 0 Å². The number of pyridine rings is 1. The molecule has 1 N–H and O–H groups in total. The number of aromatic nitrogens is 4. The van der Waals surface area contributed by atoms with Crippen LogP contribution in [0.4, 0.5) is 0 Å². The van der Waals surface area contributed by atoms with E-state index in [2.05, 4.69) is 33.0 Å². The maximum atomic E-state index is 4.72. The van der Waals surface area contributed by atoms with Gasteiger partial charge in [0.05, 0.1) is 5.69 Å². The van der Waals surface area contributed by atoms with Crippen LogP contribution in [0.1, 0.15) is 24.0 Å². The molecule has 0 saturated heterocycles. The minimum absolute atomic E-state index is 0.805. The summed E-state index contributed by atoms with van der Waals surface area (Å²) in [4.78, 5) is 4.72. The van der Waals surface area contributed by atoms with Gasteiger partial charge in [-0.25, -0.2) is 4.98 Å². The molecular formula is C14H17N5S2. The Labute approximate surface area is 131 Å². The molecule has 0 spiro atoms. The van der Waals surface area contributed by atoms with Crippen LogP contribution in [0.3, 0.4) is 0 Å². The summed E-state index contributed by atoms with van der Waals surface area (Å²) in [5.74, 6) is 0. The van der Waals surface area contributed by atoms with Crippen LogP contribution in [0.25, 0.3) is 5.65 Å². The molecule has 3 aromatic heterocycles. The number of nitrogens with zero attached hydrogens (tertiary/aromatic N) is 4. The molecule has 0 bridgehead atoms. The number of rotatable bonds is 6. The van der Waals surface area contributed by atoms with Gasteiger partial charge in [-0.05, 0) is 43.8 Å². The van der Waals surface area contributed by atoms with E-state index in [1.54, 1.807) is 23.1 Å². The van der Waals surface area contributed by atoms with E-state index >= 15 is 0 Å². The first-order valence-electron chi connectivity index (χ1n) is 6.92. The summed E-state index contributed by atoms with van der Waals surface area (Å²) < 4.78 is 3.08. The van der Waals surface area contributed by atoms with E-state index in [4.69, 9.17) is 4.98 Å². The van der Waals surface area contributed by atoms with Gasteiger partial charge in [0.25, 0.3) is 0 Å². The van der Waals surface area contributed by atoms with Gasteiger partial charge in [0.2, 0.25) is 0 Å². The van der Waals surface area contributed by atoms with Gasteiger partial charge in [-0.2, -0.15) is 0 Å². The molecule has 0 fully saturated rings. The second kappa shape index (κ2) is 6.55. The van der Waals surface area contributed by atoms with Crippen LogP contribution >= 0.6 is 23.1 Å². The average Bonchev–Trinajstić information content (AvgIpc) is 3.04. The lowest BCUT2D eigenvalue weighted by Gasteiger charge is -2.05. The van der Waals surface area contributed by atoms with Crippen LogP contribution in [0.5, 0.6) is 0 Å². The number of hydrogen-bond donors (Lipinski definition) is 1. The van der Waals surface area contributed by atoms with Gasteiger partial charge >= 0.3 is 0 Å². The lowest BCUT2D eigenvalue weighted by atomic mass is 10.4. The Bertz CT molecular complexity index is 734. The molecule has 0 amide bonds. The summed E-state index contributed by atoms with van der Waals surface area (Å²) >= 11 is 3.19. The van der Waals surface area contributed by atoms with E-state index < -0.39 is 0 Å². The van der Waals surface area contributed by atoms with Gasteiger partial charge < -0.3 is 9.72 Å². The Morgan fingerprint density at radius 3 is 3.00 bits per heavy atom. The normalized spacial score (nSPS) is 11.3. The largest absolute Gasteiger partial charge is 0.311 e.